The average Bonchev–Trinajstić information content (AvgIpc) is 2.73. The van der Waals surface area contributed by atoms with Crippen molar-refractivity contribution in [2.45, 2.75) is 11.8 Å². The smallest absolute Gasteiger partial charge is 0.254 e. The zero-order valence-corrected chi connectivity index (χ0v) is 15.9. The molecule has 140 valence electrons. The highest BCUT2D eigenvalue weighted by atomic mass is 32.2. The van der Waals surface area contributed by atoms with Gasteiger partial charge in [-0.3, -0.25) is 0 Å². The molecule has 28 heavy (non-hydrogen) atoms. The van der Waals surface area contributed by atoms with Crippen LogP contribution >= 0.6 is 0 Å². The van der Waals surface area contributed by atoms with Crippen LogP contribution in [0.5, 0.6) is 0 Å². The lowest BCUT2D eigenvalue weighted by molar-refractivity contribution is 0.596. The van der Waals surface area contributed by atoms with Crippen LogP contribution in [0.1, 0.15) is 5.56 Å². The predicted octanol–water partition coefficient (Wildman–Crippen LogP) is 4.90. The van der Waals surface area contributed by atoms with Crippen LogP contribution in [0.15, 0.2) is 89.8 Å². The Labute approximate surface area is 163 Å². The van der Waals surface area contributed by atoms with Crippen LogP contribution in [-0.2, 0) is 10.0 Å². The Kier molecular flexibility index (Phi) is 4.58. The molecule has 4 aromatic rings. The van der Waals surface area contributed by atoms with Crippen LogP contribution in [0.2, 0.25) is 0 Å². The maximum absolute atomic E-state index is 12.9. The van der Waals surface area contributed by atoms with Gasteiger partial charge in [0.25, 0.3) is 10.0 Å². The summed E-state index contributed by atoms with van der Waals surface area (Å²) in [6.07, 6.45) is 0. The molecule has 0 bridgehead atoms. The van der Waals surface area contributed by atoms with E-state index in [9.17, 15) is 13.6 Å². The summed E-state index contributed by atoms with van der Waals surface area (Å²) in [5.74, 6) is 0. The SMILES string of the molecule is Cc1ccc(S(=O)(=O)N([O-])c2cccc3ccc(-c4ccccc4)nc23)cc1. The summed E-state index contributed by atoms with van der Waals surface area (Å²) < 4.78 is 25.7. The van der Waals surface area contributed by atoms with Crippen molar-refractivity contribution in [2.75, 3.05) is 4.47 Å². The molecule has 1 heterocycles. The first-order chi connectivity index (χ1) is 13.5. The van der Waals surface area contributed by atoms with Gasteiger partial charge in [-0.05, 0) is 31.2 Å². The van der Waals surface area contributed by atoms with Crippen molar-refractivity contribution >= 4 is 26.6 Å². The van der Waals surface area contributed by atoms with Gasteiger partial charge >= 0.3 is 0 Å². The number of pyridine rings is 1. The Hall–Kier alpha value is -3.22. The molecule has 0 saturated carbocycles. The molecule has 0 aliphatic rings. The molecule has 0 atom stereocenters. The Morgan fingerprint density at radius 2 is 1.54 bits per heavy atom. The number of aryl methyl sites for hydroxylation is 1. The van der Waals surface area contributed by atoms with E-state index >= 15 is 0 Å². The molecule has 1 aromatic heterocycles. The standard InChI is InChI=1S/C22H17N2O3S/c1-16-10-13-19(14-11-16)28(26,27)24(25)21-9-5-8-18-12-15-20(23-22(18)21)17-6-3-2-4-7-17/h2-15H,1H3/q-1. The fourth-order valence-electron chi connectivity index (χ4n) is 2.98. The fraction of sp³-hybridized carbons (Fsp3) is 0.0455. The van der Waals surface area contributed by atoms with Crippen LogP contribution in [-0.4, -0.2) is 13.4 Å². The summed E-state index contributed by atoms with van der Waals surface area (Å²) in [7, 11) is -4.24. The van der Waals surface area contributed by atoms with E-state index in [0.29, 0.717) is 16.6 Å². The van der Waals surface area contributed by atoms with E-state index < -0.39 is 10.0 Å². The predicted molar refractivity (Wildman–Crippen MR) is 111 cm³/mol. The van der Waals surface area contributed by atoms with Gasteiger partial charge in [-0.2, -0.15) is 0 Å². The Bertz CT molecular complexity index is 1240. The largest absolute Gasteiger partial charge is 0.744 e. The Morgan fingerprint density at radius 3 is 2.25 bits per heavy atom. The first-order valence-electron chi connectivity index (χ1n) is 8.71. The lowest BCUT2D eigenvalue weighted by Crippen LogP contribution is -2.25. The van der Waals surface area contributed by atoms with Crippen LogP contribution in [0, 0.1) is 12.1 Å². The van der Waals surface area contributed by atoms with Crippen molar-refractivity contribution in [2.24, 2.45) is 0 Å². The van der Waals surface area contributed by atoms with E-state index in [1.54, 1.807) is 24.3 Å². The number of hydrogen-bond acceptors (Lipinski definition) is 4. The number of fused-ring (bicyclic) bond motifs is 1. The molecule has 0 saturated heterocycles. The summed E-state index contributed by atoms with van der Waals surface area (Å²) >= 11 is 0. The van der Waals surface area contributed by atoms with Gasteiger partial charge in [-0.1, -0.05) is 66.2 Å². The van der Waals surface area contributed by atoms with E-state index in [0.717, 1.165) is 11.1 Å². The van der Waals surface area contributed by atoms with E-state index in [4.69, 9.17) is 0 Å². The summed E-state index contributed by atoms with van der Waals surface area (Å²) in [5, 5.41) is 13.6. The van der Waals surface area contributed by atoms with Gasteiger partial charge in [-0.15, -0.1) is 0 Å². The quantitative estimate of drug-likeness (QED) is 0.465. The number of nitrogens with zero attached hydrogens (tertiary/aromatic N) is 2. The van der Waals surface area contributed by atoms with Crippen molar-refractivity contribution in [3.05, 3.63) is 95.7 Å². The molecule has 0 fully saturated rings. The van der Waals surface area contributed by atoms with Crippen LogP contribution in [0.3, 0.4) is 0 Å². The molecule has 0 spiro atoms. The Morgan fingerprint density at radius 1 is 0.821 bits per heavy atom. The van der Waals surface area contributed by atoms with Crippen LogP contribution < -0.4 is 4.47 Å². The molecular formula is C22H17N2O3S-. The van der Waals surface area contributed by atoms with Gasteiger partial charge in [0.2, 0.25) is 0 Å². The maximum Gasteiger partial charge on any atom is 0.254 e. The second-order valence-electron chi connectivity index (χ2n) is 6.46. The van der Waals surface area contributed by atoms with Gasteiger partial charge < -0.3 is 9.68 Å². The van der Waals surface area contributed by atoms with Crippen LogP contribution in [0.4, 0.5) is 5.69 Å². The first kappa shape index (κ1) is 18.2. The van der Waals surface area contributed by atoms with Gasteiger partial charge in [0.05, 0.1) is 21.8 Å². The monoisotopic (exact) mass is 389 g/mol. The van der Waals surface area contributed by atoms with Gasteiger partial charge in [0, 0.05) is 10.9 Å². The van der Waals surface area contributed by atoms with E-state index in [-0.39, 0.29) is 15.1 Å². The fourth-order valence-corrected chi connectivity index (χ4v) is 4.06. The molecule has 6 heteroatoms. The highest BCUT2D eigenvalue weighted by Gasteiger charge is 2.19. The molecule has 0 radical (unpaired) electrons. The normalized spacial score (nSPS) is 11.5. The Balaban J connectivity index is 1.84. The molecule has 0 aliphatic carbocycles. The molecule has 4 rings (SSSR count). The van der Waals surface area contributed by atoms with Crippen molar-refractivity contribution < 1.29 is 8.42 Å². The molecule has 0 aliphatic heterocycles. The van der Waals surface area contributed by atoms with Crippen molar-refractivity contribution in [1.29, 1.82) is 0 Å². The third kappa shape index (κ3) is 3.24. The summed E-state index contributed by atoms with van der Waals surface area (Å²) in [6.45, 7) is 1.85. The van der Waals surface area contributed by atoms with Crippen molar-refractivity contribution in [1.82, 2.24) is 4.98 Å². The topological polar surface area (TPSA) is 73.3 Å². The van der Waals surface area contributed by atoms with Gasteiger partial charge in [0.15, 0.2) is 0 Å². The summed E-state index contributed by atoms with van der Waals surface area (Å²) in [6, 6.07) is 24.3. The lowest BCUT2D eigenvalue weighted by Gasteiger charge is -2.30. The van der Waals surface area contributed by atoms with Crippen LogP contribution in [0.25, 0.3) is 22.2 Å². The van der Waals surface area contributed by atoms with E-state index in [1.165, 1.54) is 18.2 Å². The first-order valence-corrected chi connectivity index (χ1v) is 10.2. The minimum absolute atomic E-state index is 0.00384. The lowest BCUT2D eigenvalue weighted by atomic mass is 10.1. The average molecular weight is 389 g/mol. The molecule has 0 unspecified atom stereocenters. The third-order valence-electron chi connectivity index (χ3n) is 4.50. The molecule has 0 amide bonds. The number of benzene rings is 3. The number of sulfonamides is 1. The van der Waals surface area contributed by atoms with Gasteiger partial charge in [-0.25, -0.2) is 13.4 Å². The number of anilines is 1. The number of aromatic nitrogens is 1. The van der Waals surface area contributed by atoms with E-state index in [1.807, 2.05) is 49.4 Å². The molecule has 3 aromatic carbocycles. The van der Waals surface area contributed by atoms with Crippen molar-refractivity contribution in [3.8, 4) is 11.3 Å². The number of hydrogen-bond donors (Lipinski definition) is 0. The minimum Gasteiger partial charge on any atom is -0.744 e. The summed E-state index contributed by atoms with van der Waals surface area (Å²) in [5.41, 5.74) is 2.81. The molecule has 5 nitrogen and oxygen atoms in total. The second-order valence-corrected chi connectivity index (χ2v) is 8.21. The number of para-hydroxylation sites is 1. The highest BCUT2D eigenvalue weighted by Crippen LogP contribution is 2.31. The van der Waals surface area contributed by atoms with Crippen molar-refractivity contribution in [3.63, 3.8) is 0 Å². The number of rotatable bonds is 4. The third-order valence-corrected chi connectivity index (χ3v) is 6.00. The zero-order valence-electron chi connectivity index (χ0n) is 15.1. The van der Waals surface area contributed by atoms with Gasteiger partial charge in [0.1, 0.15) is 0 Å². The molecule has 0 N–H and O–H groups in total. The second kappa shape index (κ2) is 7.07. The molecular weight excluding hydrogens is 372 g/mol. The van der Waals surface area contributed by atoms with E-state index in [2.05, 4.69) is 4.98 Å². The maximum atomic E-state index is 12.9. The summed E-state index contributed by atoms with van der Waals surface area (Å²) in [4.78, 5) is 4.53. The minimum atomic E-state index is -4.24. The highest BCUT2D eigenvalue weighted by molar-refractivity contribution is 7.93. The zero-order chi connectivity index (χ0) is 19.7.